The lowest BCUT2D eigenvalue weighted by atomic mass is 9.95. The van der Waals surface area contributed by atoms with Crippen LogP contribution in [-0.4, -0.2) is 39.8 Å². The number of aryl methyl sites for hydroxylation is 1. The van der Waals surface area contributed by atoms with Crippen molar-refractivity contribution in [3.63, 3.8) is 0 Å². The van der Waals surface area contributed by atoms with Gasteiger partial charge in [-0.05, 0) is 48.7 Å². The molecule has 1 atom stereocenters. The second kappa shape index (κ2) is 8.03. The molecule has 0 spiro atoms. The van der Waals surface area contributed by atoms with Crippen molar-refractivity contribution in [1.29, 1.82) is 0 Å². The van der Waals surface area contributed by atoms with Crippen LogP contribution in [0.2, 0.25) is 5.02 Å². The summed E-state index contributed by atoms with van der Waals surface area (Å²) in [7, 11) is 1.62. The Kier molecular flexibility index (Phi) is 5.43. The molecule has 1 unspecified atom stereocenters. The standard InChI is InChI=1S/C23H24ClN3O3/c1-4-5-9-27-22(14-7-6-8-15(11-14)30-3)19-20(25-26-21(19)23(27)29)16-12-17(24)13(2)10-18(16)28/h6-8,10-12,22,28H,4-5,9H2,1-3H3,(H,25,26). The number of hydrogen-bond donors (Lipinski definition) is 2. The number of unbranched alkanes of at least 4 members (excludes halogenated alkanes) is 1. The first kappa shape index (κ1) is 20.3. The number of methoxy groups -OCH3 is 1. The Bertz CT molecular complexity index is 1110. The van der Waals surface area contributed by atoms with Crippen LogP contribution in [0.4, 0.5) is 0 Å². The van der Waals surface area contributed by atoms with Gasteiger partial charge in [-0.3, -0.25) is 9.89 Å². The van der Waals surface area contributed by atoms with E-state index in [-0.39, 0.29) is 17.7 Å². The van der Waals surface area contributed by atoms with Crippen LogP contribution in [0.3, 0.4) is 0 Å². The Morgan fingerprint density at radius 1 is 1.30 bits per heavy atom. The highest BCUT2D eigenvalue weighted by molar-refractivity contribution is 6.31. The Hall–Kier alpha value is -2.99. The number of halogens is 1. The number of aromatic nitrogens is 2. The molecule has 0 saturated heterocycles. The number of aromatic hydroxyl groups is 1. The molecule has 4 rings (SSSR count). The summed E-state index contributed by atoms with van der Waals surface area (Å²) in [5.74, 6) is 0.702. The van der Waals surface area contributed by atoms with Crippen molar-refractivity contribution in [2.24, 2.45) is 0 Å². The summed E-state index contributed by atoms with van der Waals surface area (Å²) in [4.78, 5) is 15.1. The maximum atomic E-state index is 13.2. The Labute approximate surface area is 180 Å². The van der Waals surface area contributed by atoms with Gasteiger partial charge in [0.25, 0.3) is 5.91 Å². The Morgan fingerprint density at radius 3 is 2.83 bits per heavy atom. The molecule has 1 aliphatic heterocycles. The van der Waals surface area contributed by atoms with Gasteiger partial charge >= 0.3 is 0 Å². The van der Waals surface area contributed by atoms with Gasteiger partial charge in [-0.25, -0.2) is 0 Å². The van der Waals surface area contributed by atoms with E-state index in [9.17, 15) is 9.90 Å². The lowest BCUT2D eigenvalue weighted by Gasteiger charge is -2.26. The molecule has 0 radical (unpaired) electrons. The van der Waals surface area contributed by atoms with Crippen LogP contribution in [0, 0.1) is 6.92 Å². The number of rotatable bonds is 6. The summed E-state index contributed by atoms with van der Waals surface area (Å²) < 4.78 is 5.41. The molecule has 2 aromatic carbocycles. The minimum absolute atomic E-state index is 0.0787. The van der Waals surface area contributed by atoms with Crippen molar-refractivity contribution in [2.45, 2.75) is 32.7 Å². The second-order valence-electron chi connectivity index (χ2n) is 7.51. The molecule has 2 heterocycles. The predicted molar refractivity (Wildman–Crippen MR) is 116 cm³/mol. The monoisotopic (exact) mass is 425 g/mol. The SMILES string of the molecule is CCCCN1C(=O)c2[nH]nc(-c3cc(Cl)c(C)cc3O)c2C1c1cccc(OC)c1. The smallest absolute Gasteiger partial charge is 0.273 e. The minimum Gasteiger partial charge on any atom is -0.507 e. The summed E-state index contributed by atoms with van der Waals surface area (Å²) in [6.07, 6.45) is 1.86. The fourth-order valence-electron chi connectivity index (χ4n) is 3.98. The van der Waals surface area contributed by atoms with Crippen molar-refractivity contribution in [1.82, 2.24) is 15.1 Å². The summed E-state index contributed by atoms with van der Waals surface area (Å²) in [6.45, 7) is 4.55. The van der Waals surface area contributed by atoms with Gasteiger partial charge in [-0.15, -0.1) is 0 Å². The second-order valence-corrected chi connectivity index (χ2v) is 7.92. The molecule has 0 aliphatic carbocycles. The fourth-order valence-corrected chi connectivity index (χ4v) is 4.14. The molecule has 6 nitrogen and oxygen atoms in total. The number of nitrogens with one attached hydrogen (secondary N) is 1. The zero-order valence-electron chi connectivity index (χ0n) is 17.2. The summed E-state index contributed by atoms with van der Waals surface area (Å²) >= 11 is 6.33. The largest absolute Gasteiger partial charge is 0.507 e. The summed E-state index contributed by atoms with van der Waals surface area (Å²) in [6, 6.07) is 10.7. The lowest BCUT2D eigenvalue weighted by Crippen LogP contribution is -2.30. The number of carbonyl (C=O) groups is 1. The summed E-state index contributed by atoms with van der Waals surface area (Å²) in [5.41, 5.74) is 3.93. The van der Waals surface area contributed by atoms with Gasteiger partial charge in [0.1, 0.15) is 22.9 Å². The number of fused-ring (bicyclic) bond motifs is 1. The van der Waals surface area contributed by atoms with Crippen molar-refractivity contribution in [3.05, 3.63) is 63.8 Å². The zero-order valence-corrected chi connectivity index (χ0v) is 18.0. The van der Waals surface area contributed by atoms with Crippen molar-refractivity contribution in [2.75, 3.05) is 13.7 Å². The van der Waals surface area contributed by atoms with Gasteiger partial charge in [0, 0.05) is 22.7 Å². The predicted octanol–water partition coefficient (Wildman–Crippen LogP) is 5.10. The molecule has 1 aromatic heterocycles. The van der Waals surface area contributed by atoms with Crippen LogP contribution < -0.4 is 4.74 Å². The minimum atomic E-state index is -0.331. The summed E-state index contributed by atoms with van der Waals surface area (Å²) in [5, 5.41) is 18.4. The van der Waals surface area contributed by atoms with Gasteiger partial charge in [0.15, 0.2) is 0 Å². The Balaban J connectivity index is 1.90. The third kappa shape index (κ3) is 3.31. The zero-order chi connectivity index (χ0) is 21.4. The van der Waals surface area contributed by atoms with Gasteiger partial charge < -0.3 is 14.7 Å². The lowest BCUT2D eigenvalue weighted by molar-refractivity contribution is 0.0741. The average molecular weight is 426 g/mol. The van der Waals surface area contributed by atoms with Gasteiger partial charge in [0.2, 0.25) is 0 Å². The number of amides is 1. The normalized spacial score (nSPS) is 15.5. The third-order valence-corrected chi connectivity index (χ3v) is 5.97. The van der Waals surface area contributed by atoms with E-state index < -0.39 is 0 Å². The van der Waals surface area contributed by atoms with E-state index >= 15 is 0 Å². The molecule has 1 aliphatic rings. The van der Waals surface area contributed by atoms with E-state index in [4.69, 9.17) is 16.3 Å². The highest BCUT2D eigenvalue weighted by Gasteiger charge is 2.42. The van der Waals surface area contributed by atoms with Gasteiger partial charge in [-0.2, -0.15) is 5.10 Å². The Morgan fingerprint density at radius 2 is 2.10 bits per heavy atom. The molecular formula is C23H24ClN3O3. The quantitative estimate of drug-likeness (QED) is 0.576. The molecule has 0 saturated carbocycles. The number of H-pyrrole nitrogens is 1. The maximum absolute atomic E-state index is 13.2. The van der Waals surface area contributed by atoms with Crippen molar-refractivity contribution >= 4 is 17.5 Å². The topological polar surface area (TPSA) is 78.5 Å². The molecule has 3 aromatic rings. The highest BCUT2D eigenvalue weighted by Crippen LogP contribution is 2.45. The fraction of sp³-hybridized carbons (Fsp3) is 0.304. The van der Waals surface area contributed by atoms with Crippen molar-refractivity contribution in [3.8, 4) is 22.8 Å². The van der Waals surface area contributed by atoms with Crippen LogP contribution in [-0.2, 0) is 0 Å². The van der Waals surface area contributed by atoms with E-state index in [1.54, 1.807) is 19.2 Å². The first-order valence-electron chi connectivity index (χ1n) is 9.98. The van der Waals surface area contributed by atoms with E-state index in [1.165, 1.54) is 0 Å². The number of aromatic amines is 1. The molecular weight excluding hydrogens is 402 g/mol. The first-order chi connectivity index (χ1) is 14.5. The van der Waals surface area contributed by atoms with Crippen molar-refractivity contribution < 1.29 is 14.6 Å². The van der Waals surface area contributed by atoms with Crippen LogP contribution in [0.15, 0.2) is 36.4 Å². The number of phenols is 1. The number of hydrogen-bond acceptors (Lipinski definition) is 4. The average Bonchev–Trinajstić information content (AvgIpc) is 3.28. The third-order valence-electron chi connectivity index (χ3n) is 5.56. The number of ether oxygens (including phenoxy) is 1. The maximum Gasteiger partial charge on any atom is 0.273 e. The number of benzene rings is 2. The van der Waals surface area contributed by atoms with Crippen LogP contribution in [0.5, 0.6) is 11.5 Å². The van der Waals surface area contributed by atoms with Crippen LogP contribution >= 0.6 is 11.6 Å². The van der Waals surface area contributed by atoms with E-state index in [1.807, 2.05) is 36.1 Å². The number of nitrogens with zero attached hydrogens (tertiary/aromatic N) is 2. The molecule has 1 amide bonds. The number of phenolic OH excluding ortho intramolecular Hbond substituents is 1. The van der Waals surface area contributed by atoms with E-state index in [0.29, 0.717) is 28.5 Å². The molecule has 156 valence electrons. The molecule has 30 heavy (non-hydrogen) atoms. The highest BCUT2D eigenvalue weighted by atomic mass is 35.5. The van der Waals surface area contributed by atoms with Gasteiger partial charge in [-0.1, -0.05) is 37.1 Å². The van der Waals surface area contributed by atoms with Crippen LogP contribution in [0.1, 0.15) is 53.0 Å². The van der Waals surface area contributed by atoms with E-state index in [2.05, 4.69) is 17.1 Å². The van der Waals surface area contributed by atoms with E-state index in [0.717, 1.165) is 35.3 Å². The molecule has 0 bridgehead atoms. The molecule has 2 N–H and O–H groups in total. The molecule has 0 fully saturated rings. The number of carbonyl (C=O) groups excluding carboxylic acids is 1. The van der Waals surface area contributed by atoms with Crippen LogP contribution in [0.25, 0.3) is 11.3 Å². The molecule has 7 heteroatoms. The first-order valence-corrected chi connectivity index (χ1v) is 10.4. The van der Waals surface area contributed by atoms with Gasteiger partial charge in [0.05, 0.1) is 13.2 Å².